The van der Waals surface area contributed by atoms with E-state index in [1.165, 1.54) is 0 Å². The summed E-state index contributed by atoms with van der Waals surface area (Å²) in [6.07, 6.45) is 3.53. The summed E-state index contributed by atoms with van der Waals surface area (Å²) in [7, 11) is 0. The lowest BCUT2D eigenvalue weighted by atomic mass is 10.2. The molecule has 0 saturated heterocycles. The van der Waals surface area contributed by atoms with Gasteiger partial charge in [0.2, 0.25) is 0 Å². The first kappa shape index (κ1) is 10.8. The van der Waals surface area contributed by atoms with Crippen LogP contribution in [-0.2, 0) is 6.54 Å². The molecule has 0 radical (unpaired) electrons. The number of aromatic amines is 1. The van der Waals surface area contributed by atoms with E-state index in [1.807, 2.05) is 31.3 Å². The third-order valence-electron chi connectivity index (χ3n) is 2.64. The zero-order valence-corrected chi connectivity index (χ0v) is 9.57. The van der Waals surface area contributed by atoms with Gasteiger partial charge in [0.05, 0.1) is 17.7 Å². The lowest BCUT2D eigenvalue weighted by molar-refractivity contribution is 0.555. The summed E-state index contributed by atoms with van der Waals surface area (Å²) in [5, 5.41) is 3.40. The topological polar surface area (TPSA) is 53.6 Å². The van der Waals surface area contributed by atoms with E-state index >= 15 is 0 Å². The Labute approximate surface area is 95.1 Å². The number of nitrogens with one attached hydrogen (secondary N) is 2. The average molecular weight is 216 g/mol. The summed E-state index contributed by atoms with van der Waals surface area (Å²) in [4.78, 5) is 11.6. The maximum atomic E-state index is 4.31. The van der Waals surface area contributed by atoms with Gasteiger partial charge in [0.25, 0.3) is 0 Å². The maximum Gasteiger partial charge on any atom is 0.0925 e. The lowest BCUT2D eigenvalue weighted by Crippen LogP contribution is -2.19. The molecule has 2 heterocycles. The smallest absolute Gasteiger partial charge is 0.0925 e. The predicted molar refractivity (Wildman–Crippen MR) is 62.8 cm³/mol. The Balaban J connectivity index is 1.94. The van der Waals surface area contributed by atoms with Crippen LogP contribution in [0.4, 0.5) is 0 Å². The Morgan fingerprint density at radius 3 is 2.88 bits per heavy atom. The van der Waals surface area contributed by atoms with Crippen LogP contribution in [0.1, 0.15) is 30.0 Å². The van der Waals surface area contributed by atoms with Crippen LogP contribution in [0.25, 0.3) is 0 Å². The lowest BCUT2D eigenvalue weighted by Gasteiger charge is -2.12. The molecule has 84 valence electrons. The van der Waals surface area contributed by atoms with Gasteiger partial charge < -0.3 is 10.3 Å². The Kier molecular flexibility index (Phi) is 3.31. The first-order valence-electron chi connectivity index (χ1n) is 5.40. The van der Waals surface area contributed by atoms with Gasteiger partial charge in [-0.1, -0.05) is 6.07 Å². The molecule has 0 aliphatic carbocycles. The second kappa shape index (κ2) is 4.90. The van der Waals surface area contributed by atoms with Crippen molar-refractivity contribution < 1.29 is 0 Å². The minimum absolute atomic E-state index is 0.234. The van der Waals surface area contributed by atoms with Crippen LogP contribution in [0.15, 0.2) is 30.7 Å². The number of imidazole rings is 1. The van der Waals surface area contributed by atoms with Crippen LogP contribution in [-0.4, -0.2) is 15.0 Å². The molecule has 0 bridgehead atoms. The number of hydrogen-bond acceptors (Lipinski definition) is 3. The fraction of sp³-hybridized carbons (Fsp3) is 0.333. The van der Waals surface area contributed by atoms with Crippen molar-refractivity contribution in [3.05, 3.63) is 47.8 Å². The highest BCUT2D eigenvalue weighted by molar-refractivity contribution is 5.11. The maximum absolute atomic E-state index is 4.31. The fourth-order valence-corrected chi connectivity index (χ4v) is 1.55. The van der Waals surface area contributed by atoms with Crippen LogP contribution >= 0.6 is 0 Å². The van der Waals surface area contributed by atoms with E-state index in [4.69, 9.17) is 0 Å². The second-order valence-corrected chi connectivity index (χ2v) is 3.83. The van der Waals surface area contributed by atoms with Crippen molar-refractivity contribution in [2.24, 2.45) is 0 Å². The van der Waals surface area contributed by atoms with E-state index in [-0.39, 0.29) is 6.04 Å². The minimum atomic E-state index is 0.234. The van der Waals surface area contributed by atoms with E-state index in [9.17, 15) is 0 Å². The number of H-pyrrole nitrogens is 1. The van der Waals surface area contributed by atoms with Crippen LogP contribution in [0.5, 0.6) is 0 Å². The standard InChI is InChI=1S/C12H16N4/c1-9(11-5-3-4-6-13-11)14-7-12-10(2)15-8-16-12/h3-6,8-9,14H,7H2,1-2H3,(H,15,16)/t9-/m0/s1. The number of aromatic nitrogens is 3. The molecule has 0 saturated carbocycles. The molecule has 1 atom stereocenters. The Morgan fingerprint density at radius 2 is 2.25 bits per heavy atom. The Bertz CT molecular complexity index is 435. The SMILES string of the molecule is Cc1[nH]cnc1CN[C@@H](C)c1ccccn1. The summed E-state index contributed by atoms with van der Waals surface area (Å²) >= 11 is 0. The van der Waals surface area contributed by atoms with Crippen molar-refractivity contribution in [3.63, 3.8) is 0 Å². The second-order valence-electron chi connectivity index (χ2n) is 3.83. The Hall–Kier alpha value is -1.68. The molecule has 16 heavy (non-hydrogen) atoms. The summed E-state index contributed by atoms with van der Waals surface area (Å²) in [5.74, 6) is 0. The van der Waals surface area contributed by atoms with Crippen molar-refractivity contribution >= 4 is 0 Å². The molecule has 0 fully saturated rings. The quantitative estimate of drug-likeness (QED) is 0.821. The van der Waals surface area contributed by atoms with Crippen LogP contribution < -0.4 is 5.32 Å². The summed E-state index contributed by atoms with van der Waals surface area (Å²) < 4.78 is 0. The highest BCUT2D eigenvalue weighted by Gasteiger charge is 2.07. The van der Waals surface area contributed by atoms with Crippen molar-refractivity contribution in [1.82, 2.24) is 20.3 Å². The minimum Gasteiger partial charge on any atom is -0.348 e. The van der Waals surface area contributed by atoms with Crippen LogP contribution in [0.3, 0.4) is 0 Å². The van der Waals surface area contributed by atoms with Crippen molar-refractivity contribution in [2.75, 3.05) is 0 Å². The van der Waals surface area contributed by atoms with E-state index in [0.29, 0.717) is 0 Å². The third kappa shape index (κ3) is 2.46. The van der Waals surface area contributed by atoms with Gasteiger partial charge in [-0.25, -0.2) is 4.98 Å². The van der Waals surface area contributed by atoms with E-state index in [0.717, 1.165) is 23.6 Å². The highest BCUT2D eigenvalue weighted by Crippen LogP contribution is 2.09. The zero-order chi connectivity index (χ0) is 11.4. The number of nitrogens with zero attached hydrogens (tertiary/aromatic N) is 2. The molecule has 2 rings (SSSR count). The zero-order valence-electron chi connectivity index (χ0n) is 9.57. The fourth-order valence-electron chi connectivity index (χ4n) is 1.55. The van der Waals surface area contributed by atoms with Gasteiger partial charge in [-0.15, -0.1) is 0 Å². The van der Waals surface area contributed by atoms with Gasteiger partial charge in [0.15, 0.2) is 0 Å². The van der Waals surface area contributed by atoms with Crippen molar-refractivity contribution in [1.29, 1.82) is 0 Å². The van der Waals surface area contributed by atoms with Gasteiger partial charge in [-0.05, 0) is 26.0 Å². The molecule has 2 N–H and O–H groups in total. The van der Waals surface area contributed by atoms with Crippen LogP contribution in [0, 0.1) is 6.92 Å². The third-order valence-corrected chi connectivity index (χ3v) is 2.64. The molecule has 2 aromatic heterocycles. The first-order valence-corrected chi connectivity index (χ1v) is 5.40. The van der Waals surface area contributed by atoms with Gasteiger partial charge in [-0.2, -0.15) is 0 Å². The molecule has 2 aromatic rings. The molecule has 0 aliphatic heterocycles. The monoisotopic (exact) mass is 216 g/mol. The molecule has 4 nitrogen and oxygen atoms in total. The Morgan fingerprint density at radius 1 is 1.38 bits per heavy atom. The predicted octanol–water partition coefficient (Wildman–Crippen LogP) is 1.96. The molecule has 0 spiro atoms. The van der Waals surface area contributed by atoms with E-state index in [2.05, 4.69) is 27.2 Å². The van der Waals surface area contributed by atoms with Gasteiger partial charge in [0.1, 0.15) is 0 Å². The molecule has 0 amide bonds. The molecular formula is C12H16N4. The van der Waals surface area contributed by atoms with Crippen molar-refractivity contribution in [2.45, 2.75) is 26.4 Å². The van der Waals surface area contributed by atoms with Crippen LogP contribution in [0.2, 0.25) is 0 Å². The first-order chi connectivity index (χ1) is 7.77. The van der Waals surface area contributed by atoms with Crippen molar-refractivity contribution in [3.8, 4) is 0 Å². The molecular weight excluding hydrogens is 200 g/mol. The summed E-state index contributed by atoms with van der Waals surface area (Å²) in [6.45, 7) is 4.88. The summed E-state index contributed by atoms with van der Waals surface area (Å²) in [5.41, 5.74) is 3.22. The summed E-state index contributed by atoms with van der Waals surface area (Å²) in [6, 6.07) is 6.18. The van der Waals surface area contributed by atoms with Gasteiger partial charge in [0, 0.05) is 24.5 Å². The number of pyridine rings is 1. The average Bonchev–Trinajstić information content (AvgIpc) is 2.73. The van der Waals surface area contributed by atoms with Gasteiger partial charge in [-0.3, -0.25) is 4.98 Å². The molecule has 0 unspecified atom stereocenters. The number of hydrogen-bond donors (Lipinski definition) is 2. The largest absolute Gasteiger partial charge is 0.348 e. The van der Waals surface area contributed by atoms with Gasteiger partial charge >= 0.3 is 0 Å². The highest BCUT2D eigenvalue weighted by atomic mass is 15.0. The number of aryl methyl sites for hydroxylation is 1. The van der Waals surface area contributed by atoms with E-state index < -0.39 is 0 Å². The molecule has 0 aromatic carbocycles. The normalized spacial score (nSPS) is 12.6. The molecule has 4 heteroatoms. The molecule has 0 aliphatic rings. The number of rotatable bonds is 4. The van der Waals surface area contributed by atoms with E-state index in [1.54, 1.807) is 6.33 Å².